The molecule has 2 heterocycles. The van der Waals surface area contributed by atoms with Crippen LogP contribution in [0.5, 0.6) is 23.0 Å². The lowest BCUT2D eigenvalue weighted by Gasteiger charge is -2.33. The van der Waals surface area contributed by atoms with Crippen molar-refractivity contribution in [3.63, 3.8) is 0 Å². The molecule has 6 rings (SSSR count). The molecule has 46 heavy (non-hydrogen) atoms. The number of fused-ring (bicyclic) bond motifs is 1. The van der Waals surface area contributed by atoms with E-state index in [2.05, 4.69) is 27.8 Å². The molecule has 0 aromatic heterocycles. The second kappa shape index (κ2) is 14.3. The van der Waals surface area contributed by atoms with Gasteiger partial charge in [0.25, 0.3) is 0 Å². The number of sulfone groups is 1. The Labute approximate surface area is 284 Å². The molecule has 1 fully saturated rings. The summed E-state index contributed by atoms with van der Waals surface area (Å²) >= 11 is 10.6. The Bertz CT molecular complexity index is 1830. The lowest BCUT2D eigenvalue weighted by atomic mass is 10.0. The highest BCUT2D eigenvalue weighted by molar-refractivity contribution is 9.10. The van der Waals surface area contributed by atoms with Crippen LogP contribution < -0.4 is 18.9 Å². The number of nitrogens with zero attached hydrogens (tertiary/aromatic N) is 1. The zero-order valence-corrected chi connectivity index (χ0v) is 29.1. The Morgan fingerprint density at radius 2 is 1.67 bits per heavy atom. The number of hydrogen-bond donors (Lipinski definition) is 0. The number of piperidine rings is 1. The van der Waals surface area contributed by atoms with Gasteiger partial charge in [-0.15, -0.1) is 0 Å². The van der Waals surface area contributed by atoms with Gasteiger partial charge in [-0.1, -0.05) is 54.4 Å². The third kappa shape index (κ3) is 7.65. The van der Waals surface area contributed by atoms with Crippen LogP contribution in [0.25, 0.3) is 11.1 Å². The normalized spacial score (nSPS) is 16.7. The number of likely N-dealkylation sites (tertiary alicyclic amines) is 1. The fourth-order valence-electron chi connectivity index (χ4n) is 5.86. The van der Waals surface area contributed by atoms with E-state index in [1.807, 2.05) is 54.6 Å². The van der Waals surface area contributed by atoms with Gasteiger partial charge in [0, 0.05) is 40.5 Å². The van der Waals surface area contributed by atoms with E-state index in [4.69, 9.17) is 30.5 Å². The smallest absolute Gasteiger partial charge is 0.175 e. The third-order valence-electron chi connectivity index (χ3n) is 8.47. The second-order valence-electron chi connectivity index (χ2n) is 11.8. The van der Waals surface area contributed by atoms with Crippen LogP contribution in [0.2, 0.25) is 5.02 Å². The van der Waals surface area contributed by atoms with Crippen molar-refractivity contribution in [2.45, 2.75) is 56.9 Å². The van der Waals surface area contributed by atoms with E-state index in [0.717, 1.165) is 63.2 Å². The van der Waals surface area contributed by atoms with Gasteiger partial charge in [-0.2, -0.15) is 0 Å². The minimum Gasteiger partial charge on any atom is -0.488 e. The minimum atomic E-state index is -3.33. The predicted molar refractivity (Wildman–Crippen MR) is 184 cm³/mol. The molecular formula is C36H37BrClNO6S. The summed E-state index contributed by atoms with van der Waals surface area (Å²) in [5.41, 5.74) is 4.69. The largest absolute Gasteiger partial charge is 0.488 e. The van der Waals surface area contributed by atoms with Gasteiger partial charge in [0.15, 0.2) is 21.3 Å². The van der Waals surface area contributed by atoms with E-state index in [-0.39, 0.29) is 18.1 Å². The summed E-state index contributed by atoms with van der Waals surface area (Å²) in [5.74, 6) is 2.65. The molecule has 0 saturated carbocycles. The monoisotopic (exact) mass is 725 g/mol. The summed E-state index contributed by atoms with van der Waals surface area (Å²) in [7, 11) is -3.33. The summed E-state index contributed by atoms with van der Waals surface area (Å²) in [4.78, 5) is 2.72. The molecule has 4 aromatic carbocycles. The Morgan fingerprint density at radius 3 is 2.48 bits per heavy atom. The van der Waals surface area contributed by atoms with E-state index in [9.17, 15) is 8.42 Å². The van der Waals surface area contributed by atoms with Gasteiger partial charge in [0.05, 0.1) is 9.92 Å². The van der Waals surface area contributed by atoms with Crippen LogP contribution in [-0.4, -0.2) is 45.4 Å². The molecule has 0 unspecified atom stereocenters. The summed E-state index contributed by atoms with van der Waals surface area (Å²) in [5, 5.41) is 0.505. The molecule has 242 valence electrons. The molecule has 0 spiro atoms. The first kappa shape index (κ1) is 32.7. The van der Waals surface area contributed by atoms with Crippen LogP contribution in [-0.2, 0) is 29.6 Å². The lowest BCUT2D eigenvalue weighted by molar-refractivity contribution is 0.150. The number of halogens is 2. The number of benzene rings is 4. The number of hydrogen-bond acceptors (Lipinski definition) is 7. The molecule has 4 aromatic rings. The number of ether oxygens (including phenoxy) is 4. The highest BCUT2D eigenvalue weighted by atomic mass is 79.9. The van der Waals surface area contributed by atoms with Crippen molar-refractivity contribution in [2.75, 3.05) is 26.0 Å². The van der Waals surface area contributed by atoms with Crippen molar-refractivity contribution >= 4 is 37.4 Å². The molecule has 7 nitrogen and oxygen atoms in total. The molecule has 0 amide bonds. The Hall–Kier alpha value is -3.24. The first-order valence-corrected chi connectivity index (χ1v) is 18.5. The topological polar surface area (TPSA) is 74.3 Å². The van der Waals surface area contributed by atoms with Gasteiger partial charge < -0.3 is 18.9 Å². The maximum atomic E-state index is 12.1. The SMILES string of the molecule is C[C@@H]1CCCCN1Cc1cc(Cl)c(OCc2cccc(-c3ccc4c(c3)OCCO4)c2Br)cc1OCc1cccc(S(C)(=O)=O)c1. The van der Waals surface area contributed by atoms with E-state index in [1.165, 1.54) is 12.7 Å². The summed E-state index contributed by atoms with van der Waals surface area (Å²) in [6, 6.07) is 23.1. The number of rotatable bonds is 10. The van der Waals surface area contributed by atoms with Crippen molar-refractivity contribution in [1.82, 2.24) is 4.90 Å². The molecule has 1 saturated heterocycles. The van der Waals surface area contributed by atoms with Crippen LogP contribution in [0.3, 0.4) is 0 Å². The molecule has 0 bridgehead atoms. The van der Waals surface area contributed by atoms with Crippen molar-refractivity contribution in [3.8, 4) is 34.1 Å². The van der Waals surface area contributed by atoms with Gasteiger partial charge in [0.1, 0.15) is 37.9 Å². The van der Waals surface area contributed by atoms with Crippen LogP contribution >= 0.6 is 27.5 Å². The zero-order valence-electron chi connectivity index (χ0n) is 25.9. The Kier molecular flexibility index (Phi) is 10.1. The molecule has 0 N–H and O–H groups in total. The quantitative estimate of drug-likeness (QED) is 0.162. The summed E-state index contributed by atoms with van der Waals surface area (Å²) in [6.07, 6.45) is 4.76. The van der Waals surface area contributed by atoms with E-state index in [0.29, 0.717) is 42.3 Å². The standard InChI is InChI=1S/C36H37BrClNO6S/c1-24-7-3-4-14-39(24)21-28-18-31(38)34(20-33(28)44-22-25-8-5-10-29(17-25)46(2,40)41)45-23-27-9-6-11-30(36(27)37)26-12-13-32-35(19-26)43-16-15-42-32/h5-6,8-13,17-20,24H,3-4,7,14-16,21-23H2,1-2H3/t24-/m1/s1. The zero-order chi connectivity index (χ0) is 32.3. The highest BCUT2D eigenvalue weighted by Gasteiger charge is 2.22. The fraction of sp³-hybridized carbons (Fsp3) is 0.333. The first-order chi connectivity index (χ1) is 22.2. The molecule has 10 heteroatoms. The van der Waals surface area contributed by atoms with Crippen LogP contribution in [0.4, 0.5) is 0 Å². The predicted octanol–water partition coefficient (Wildman–Crippen LogP) is 8.48. The summed E-state index contributed by atoms with van der Waals surface area (Å²) < 4.78 is 49.4. The van der Waals surface area contributed by atoms with Crippen molar-refractivity contribution in [2.24, 2.45) is 0 Å². The maximum absolute atomic E-state index is 12.1. The highest BCUT2D eigenvalue weighted by Crippen LogP contribution is 2.39. The molecule has 2 aliphatic rings. The minimum absolute atomic E-state index is 0.204. The molecule has 0 radical (unpaired) electrons. The van der Waals surface area contributed by atoms with E-state index < -0.39 is 9.84 Å². The average molecular weight is 727 g/mol. The Morgan fingerprint density at radius 1 is 0.891 bits per heavy atom. The van der Waals surface area contributed by atoms with Crippen LogP contribution in [0, 0.1) is 0 Å². The van der Waals surface area contributed by atoms with Gasteiger partial charge in [0.2, 0.25) is 0 Å². The van der Waals surface area contributed by atoms with Gasteiger partial charge in [-0.3, -0.25) is 4.90 Å². The molecule has 1 atom stereocenters. The first-order valence-electron chi connectivity index (χ1n) is 15.4. The lowest BCUT2D eigenvalue weighted by Crippen LogP contribution is -2.36. The fourth-order valence-corrected chi connectivity index (χ4v) is 7.40. The third-order valence-corrected chi connectivity index (χ3v) is 10.8. The van der Waals surface area contributed by atoms with Crippen LogP contribution in [0.1, 0.15) is 42.9 Å². The van der Waals surface area contributed by atoms with Crippen molar-refractivity contribution in [1.29, 1.82) is 0 Å². The van der Waals surface area contributed by atoms with Gasteiger partial charge in [-0.05, 0) is 89.3 Å². The molecular weight excluding hydrogens is 690 g/mol. The van der Waals surface area contributed by atoms with Crippen LogP contribution in [0.15, 0.2) is 82.2 Å². The van der Waals surface area contributed by atoms with E-state index >= 15 is 0 Å². The van der Waals surface area contributed by atoms with Gasteiger partial charge in [-0.25, -0.2) is 8.42 Å². The molecule has 2 aliphatic heterocycles. The second-order valence-corrected chi connectivity index (χ2v) is 15.1. The average Bonchev–Trinajstić information content (AvgIpc) is 3.05. The van der Waals surface area contributed by atoms with Crippen molar-refractivity contribution in [3.05, 3.63) is 99.0 Å². The maximum Gasteiger partial charge on any atom is 0.175 e. The summed E-state index contributed by atoms with van der Waals surface area (Å²) in [6.45, 7) is 5.52. The van der Waals surface area contributed by atoms with E-state index in [1.54, 1.807) is 18.2 Å². The molecule has 0 aliphatic carbocycles. The Balaban J connectivity index is 1.25. The van der Waals surface area contributed by atoms with Gasteiger partial charge >= 0.3 is 0 Å². The van der Waals surface area contributed by atoms with Crippen molar-refractivity contribution < 1.29 is 27.4 Å².